The van der Waals surface area contributed by atoms with E-state index in [1.165, 1.54) is 12.8 Å². The third kappa shape index (κ3) is 5.57. The van der Waals surface area contributed by atoms with E-state index in [0.717, 1.165) is 70.3 Å². The van der Waals surface area contributed by atoms with Crippen molar-refractivity contribution in [1.82, 2.24) is 14.1 Å². The van der Waals surface area contributed by atoms with Crippen LogP contribution in [0.5, 0.6) is 0 Å². The van der Waals surface area contributed by atoms with Crippen LogP contribution in [0, 0.1) is 0 Å². The molecule has 7 heteroatoms. The van der Waals surface area contributed by atoms with Gasteiger partial charge in [0.15, 0.2) is 0 Å². The Kier molecular flexibility index (Phi) is 7.46. The SMILES string of the molecule is O=C(/C=C/c1ccc(S(=O)(=O)N2CCCCCC2)cc1)N1CCCC1CN1CCCC1. The number of amides is 1. The van der Waals surface area contributed by atoms with E-state index in [0.29, 0.717) is 24.0 Å². The van der Waals surface area contributed by atoms with E-state index in [1.807, 2.05) is 4.90 Å². The van der Waals surface area contributed by atoms with Crippen molar-refractivity contribution < 1.29 is 13.2 Å². The summed E-state index contributed by atoms with van der Waals surface area (Å²) in [5.74, 6) is 0.0583. The molecule has 4 rings (SSSR count). The van der Waals surface area contributed by atoms with Gasteiger partial charge in [-0.3, -0.25) is 4.79 Å². The first-order valence-corrected chi connectivity index (χ1v) is 13.3. The average molecular weight is 446 g/mol. The average Bonchev–Trinajstić information content (AvgIpc) is 3.38. The fraction of sp³-hybridized carbons (Fsp3) is 0.625. The Morgan fingerprint density at radius 3 is 2.19 bits per heavy atom. The zero-order chi connectivity index (χ0) is 21.7. The predicted octanol–water partition coefficient (Wildman–Crippen LogP) is 3.35. The molecule has 0 bridgehead atoms. The van der Waals surface area contributed by atoms with Gasteiger partial charge in [0.25, 0.3) is 0 Å². The molecule has 3 aliphatic rings. The number of hydrogen-bond acceptors (Lipinski definition) is 4. The standard InChI is InChI=1S/C24H35N3O3S/c28-24(27-19-7-8-22(27)20-25-15-5-6-16-25)14-11-21-9-12-23(13-10-21)31(29,30)26-17-3-1-2-4-18-26/h9-14,22H,1-8,15-20H2/b14-11+. The largest absolute Gasteiger partial charge is 0.335 e. The molecular formula is C24H35N3O3S. The molecule has 3 saturated heterocycles. The fourth-order valence-electron chi connectivity index (χ4n) is 5.02. The zero-order valence-electron chi connectivity index (χ0n) is 18.4. The number of hydrogen-bond donors (Lipinski definition) is 0. The molecule has 1 aromatic carbocycles. The van der Waals surface area contributed by atoms with Crippen molar-refractivity contribution in [2.75, 3.05) is 39.3 Å². The van der Waals surface area contributed by atoms with Crippen LogP contribution < -0.4 is 0 Å². The molecule has 6 nitrogen and oxygen atoms in total. The topological polar surface area (TPSA) is 60.9 Å². The molecule has 1 atom stereocenters. The van der Waals surface area contributed by atoms with Gasteiger partial charge >= 0.3 is 0 Å². The molecule has 3 aliphatic heterocycles. The Morgan fingerprint density at radius 1 is 0.871 bits per heavy atom. The maximum absolute atomic E-state index is 12.9. The molecule has 0 aliphatic carbocycles. The summed E-state index contributed by atoms with van der Waals surface area (Å²) in [6.45, 7) is 5.33. The van der Waals surface area contributed by atoms with E-state index < -0.39 is 10.0 Å². The number of likely N-dealkylation sites (tertiary alicyclic amines) is 2. The van der Waals surface area contributed by atoms with Crippen molar-refractivity contribution in [3.05, 3.63) is 35.9 Å². The predicted molar refractivity (Wildman–Crippen MR) is 123 cm³/mol. The van der Waals surface area contributed by atoms with Crippen molar-refractivity contribution in [2.45, 2.75) is 62.3 Å². The Labute approximate surface area is 186 Å². The summed E-state index contributed by atoms with van der Waals surface area (Å²) in [5, 5.41) is 0. The first-order chi connectivity index (χ1) is 15.0. The first-order valence-electron chi connectivity index (χ1n) is 11.9. The van der Waals surface area contributed by atoms with Gasteiger partial charge in [0.05, 0.1) is 4.90 Å². The second-order valence-electron chi connectivity index (χ2n) is 9.06. The Morgan fingerprint density at radius 2 is 1.52 bits per heavy atom. The molecule has 1 unspecified atom stereocenters. The molecule has 3 fully saturated rings. The molecule has 0 radical (unpaired) electrons. The summed E-state index contributed by atoms with van der Waals surface area (Å²) < 4.78 is 27.4. The van der Waals surface area contributed by atoms with E-state index in [4.69, 9.17) is 0 Å². The van der Waals surface area contributed by atoms with Gasteiger partial charge in [-0.05, 0) is 75.4 Å². The van der Waals surface area contributed by atoms with E-state index in [1.54, 1.807) is 40.7 Å². The molecule has 0 saturated carbocycles. The quantitative estimate of drug-likeness (QED) is 0.630. The summed E-state index contributed by atoms with van der Waals surface area (Å²) >= 11 is 0. The molecular weight excluding hydrogens is 410 g/mol. The lowest BCUT2D eigenvalue weighted by Crippen LogP contribution is -2.41. The molecule has 0 spiro atoms. The van der Waals surface area contributed by atoms with Crippen LogP contribution in [0.2, 0.25) is 0 Å². The number of rotatable bonds is 6. The van der Waals surface area contributed by atoms with E-state index in [2.05, 4.69) is 4.90 Å². The van der Waals surface area contributed by atoms with Crippen LogP contribution in [-0.4, -0.2) is 73.7 Å². The van der Waals surface area contributed by atoms with Crippen LogP contribution in [0.1, 0.15) is 56.9 Å². The number of carbonyl (C=O) groups excluding carboxylic acids is 1. The highest BCUT2D eigenvalue weighted by Gasteiger charge is 2.29. The van der Waals surface area contributed by atoms with E-state index >= 15 is 0 Å². The van der Waals surface area contributed by atoms with Gasteiger partial charge in [0, 0.05) is 38.3 Å². The van der Waals surface area contributed by atoms with Gasteiger partial charge in [-0.1, -0.05) is 25.0 Å². The van der Waals surface area contributed by atoms with Crippen LogP contribution in [-0.2, 0) is 14.8 Å². The highest BCUT2D eigenvalue weighted by molar-refractivity contribution is 7.89. The molecule has 3 heterocycles. The number of benzene rings is 1. The van der Waals surface area contributed by atoms with Crippen LogP contribution in [0.25, 0.3) is 6.08 Å². The molecule has 0 aromatic heterocycles. The van der Waals surface area contributed by atoms with E-state index in [9.17, 15) is 13.2 Å². The summed E-state index contributed by atoms with van der Waals surface area (Å²) in [7, 11) is -3.44. The highest BCUT2D eigenvalue weighted by atomic mass is 32.2. The second kappa shape index (κ2) is 10.3. The molecule has 0 N–H and O–H groups in total. The fourth-order valence-corrected chi connectivity index (χ4v) is 6.54. The van der Waals surface area contributed by atoms with Crippen LogP contribution in [0.4, 0.5) is 0 Å². The van der Waals surface area contributed by atoms with Crippen LogP contribution in [0.3, 0.4) is 0 Å². The van der Waals surface area contributed by atoms with Gasteiger partial charge in [-0.25, -0.2) is 8.42 Å². The third-order valence-electron chi connectivity index (χ3n) is 6.83. The number of carbonyl (C=O) groups is 1. The summed E-state index contributed by atoms with van der Waals surface area (Å²) in [5.41, 5.74) is 0.846. The summed E-state index contributed by atoms with van der Waals surface area (Å²) in [6.07, 6.45) is 12.2. The van der Waals surface area contributed by atoms with Crippen molar-refractivity contribution in [2.24, 2.45) is 0 Å². The van der Waals surface area contributed by atoms with E-state index in [-0.39, 0.29) is 5.91 Å². The molecule has 1 amide bonds. The summed E-state index contributed by atoms with van der Waals surface area (Å²) in [4.78, 5) is 17.6. The lowest BCUT2D eigenvalue weighted by Gasteiger charge is -2.27. The van der Waals surface area contributed by atoms with Gasteiger partial charge < -0.3 is 9.80 Å². The van der Waals surface area contributed by atoms with Gasteiger partial charge in [0.1, 0.15) is 0 Å². The minimum atomic E-state index is -3.44. The van der Waals surface area contributed by atoms with Crippen molar-refractivity contribution in [3.8, 4) is 0 Å². The van der Waals surface area contributed by atoms with Crippen molar-refractivity contribution in [3.63, 3.8) is 0 Å². The van der Waals surface area contributed by atoms with Crippen molar-refractivity contribution in [1.29, 1.82) is 0 Å². The zero-order valence-corrected chi connectivity index (χ0v) is 19.2. The smallest absolute Gasteiger partial charge is 0.246 e. The minimum Gasteiger partial charge on any atom is -0.335 e. The Bertz CT molecular complexity index is 868. The molecule has 170 valence electrons. The van der Waals surface area contributed by atoms with Gasteiger partial charge in [0.2, 0.25) is 15.9 Å². The third-order valence-corrected chi connectivity index (χ3v) is 8.74. The molecule has 1 aromatic rings. The van der Waals surface area contributed by atoms with Crippen LogP contribution in [0.15, 0.2) is 35.2 Å². The lowest BCUT2D eigenvalue weighted by molar-refractivity contribution is -0.127. The minimum absolute atomic E-state index is 0.0583. The summed E-state index contributed by atoms with van der Waals surface area (Å²) in [6, 6.07) is 7.23. The lowest BCUT2D eigenvalue weighted by atomic mass is 10.2. The highest BCUT2D eigenvalue weighted by Crippen LogP contribution is 2.23. The molecule has 31 heavy (non-hydrogen) atoms. The van der Waals surface area contributed by atoms with Crippen molar-refractivity contribution >= 4 is 22.0 Å². The maximum atomic E-state index is 12.9. The Balaban J connectivity index is 1.37. The van der Waals surface area contributed by atoms with Gasteiger partial charge in [-0.2, -0.15) is 4.31 Å². The first kappa shape index (κ1) is 22.5. The maximum Gasteiger partial charge on any atom is 0.246 e. The number of nitrogens with zero attached hydrogens (tertiary/aromatic N) is 3. The number of sulfonamides is 1. The second-order valence-corrected chi connectivity index (χ2v) is 11.0. The Hall–Kier alpha value is -1.70. The normalized spacial score (nSPS) is 24.1. The van der Waals surface area contributed by atoms with Crippen LogP contribution >= 0.6 is 0 Å². The van der Waals surface area contributed by atoms with Gasteiger partial charge in [-0.15, -0.1) is 0 Å². The monoisotopic (exact) mass is 445 g/mol.